The third-order valence-corrected chi connectivity index (χ3v) is 3.12. The van der Waals surface area contributed by atoms with E-state index < -0.39 is 0 Å². The van der Waals surface area contributed by atoms with E-state index in [1.165, 1.54) is 34.7 Å². The van der Waals surface area contributed by atoms with E-state index in [1.54, 1.807) is 5.56 Å². The molecular weight excluding hydrogens is 192 g/mol. The molecule has 0 saturated carbocycles. The van der Waals surface area contributed by atoms with Crippen molar-refractivity contribution in [2.24, 2.45) is 0 Å². The maximum atomic E-state index is 2.26. The van der Waals surface area contributed by atoms with Crippen molar-refractivity contribution in [2.75, 3.05) is 0 Å². The van der Waals surface area contributed by atoms with Crippen molar-refractivity contribution >= 4 is 10.8 Å². The minimum Gasteiger partial charge on any atom is -0.0776 e. The van der Waals surface area contributed by atoms with Crippen LogP contribution in [0, 0.1) is 6.92 Å². The molecule has 0 nitrogen and oxygen atoms in total. The molecule has 0 aliphatic heterocycles. The van der Waals surface area contributed by atoms with Gasteiger partial charge in [-0.25, -0.2) is 0 Å². The zero-order valence-electron chi connectivity index (χ0n) is 9.80. The monoisotopic (exact) mass is 214 g/mol. The molecule has 0 spiro atoms. The largest absolute Gasteiger partial charge is 0.0776 e. The summed E-state index contributed by atoms with van der Waals surface area (Å²) in [6.45, 7) is 6.22. The van der Waals surface area contributed by atoms with Gasteiger partial charge in [0.25, 0.3) is 0 Å². The second kappa shape index (κ2) is 5.16. The standard InChI is InChI=1S/C13H12.C2H6.CH4/c1-9-5-6-10-3-2-4-11-7-8-12(9)13(10)11;1-2;/h2-6H,7-8H2,1H3;1-2H3;1H4. The van der Waals surface area contributed by atoms with Gasteiger partial charge in [0.2, 0.25) is 0 Å². The molecule has 0 unspecified atom stereocenters. The average molecular weight is 214 g/mol. The molecule has 0 aromatic heterocycles. The topological polar surface area (TPSA) is 0 Å². The van der Waals surface area contributed by atoms with Crippen molar-refractivity contribution < 1.29 is 0 Å². The Kier molecular flexibility index (Phi) is 4.12. The highest BCUT2D eigenvalue weighted by molar-refractivity contribution is 5.91. The van der Waals surface area contributed by atoms with E-state index in [0.717, 1.165) is 0 Å². The molecule has 0 bridgehead atoms. The predicted octanol–water partition coefficient (Wildman–Crippen LogP) is 4.91. The fourth-order valence-electron chi connectivity index (χ4n) is 2.43. The Bertz CT molecular complexity index is 481. The van der Waals surface area contributed by atoms with Crippen LogP contribution in [0.25, 0.3) is 10.8 Å². The van der Waals surface area contributed by atoms with Crippen molar-refractivity contribution in [3.63, 3.8) is 0 Å². The molecule has 16 heavy (non-hydrogen) atoms. The third kappa shape index (κ3) is 1.84. The first kappa shape index (κ1) is 12.8. The highest BCUT2D eigenvalue weighted by atomic mass is 14.2. The fraction of sp³-hybridized carbons (Fsp3) is 0.375. The van der Waals surface area contributed by atoms with Crippen LogP contribution in [-0.2, 0) is 12.8 Å². The van der Waals surface area contributed by atoms with E-state index in [-0.39, 0.29) is 7.43 Å². The van der Waals surface area contributed by atoms with Crippen LogP contribution >= 0.6 is 0 Å². The third-order valence-electron chi connectivity index (χ3n) is 3.12. The van der Waals surface area contributed by atoms with E-state index in [4.69, 9.17) is 0 Å². The molecule has 0 N–H and O–H groups in total. The van der Waals surface area contributed by atoms with Crippen LogP contribution in [-0.4, -0.2) is 0 Å². The number of benzene rings is 2. The van der Waals surface area contributed by atoms with E-state index in [2.05, 4.69) is 37.3 Å². The van der Waals surface area contributed by atoms with E-state index in [0.29, 0.717) is 0 Å². The Morgan fingerprint density at radius 3 is 2.44 bits per heavy atom. The van der Waals surface area contributed by atoms with Crippen LogP contribution in [0.4, 0.5) is 0 Å². The number of rotatable bonds is 0. The van der Waals surface area contributed by atoms with Crippen molar-refractivity contribution in [3.8, 4) is 0 Å². The second-order valence-electron chi connectivity index (χ2n) is 3.88. The van der Waals surface area contributed by atoms with Crippen LogP contribution in [0.2, 0.25) is 0 Å². The van der Waals surface area contributed by atoms with Gasteiger partial charge in [0.05, 0.1) is 0 Å². The second-order valence-corrected chi connectivity index (χ2v) is 3.88. The van der Waals surface area contributed by atoms with Gasteiger partial charge in [0.15, 0.2) is 0 Å². The Morgan fingerprint density at radius 2 is 1.69 bits per heavy atom. The summed E-state index contributed by atoms with van der Waals surface area (Å²) in [7, 11) is 0. The lowest BCUT2D eigenvalue weighted by molar-refractivity contribution is 1.01. The van der Waals surface area contributed by atoms with E-state index >= 15 is 0 Å². The summed E-state index contributed by atoms with van der Waals surface area (Å²) in [5, 5.41) is 2.94. The highest BCUT2D eigenvalue weighted by Gasteiger charge is 2.14. The molecule has 0 atom stereocenters. The fourth-order valence-corrected chi connectivity index (χ4v) is 2.43. The summed E-state index contributed by atoms with van der Waals surface area (Å²) in [5.41, 5.74) is 4.57. The summed E-state index contributed by atoms with van der Waals surface area (Å²) < 4.78 is 0. The summed E-state index contributed by atoms with van der Waals surface area (Å²) in [6, 6.07) is 11.1. The maximum absolute atomic E-state index is 2.26. The molecule has 3 rings (SSSR count). The van der Waals surface area contributed by atoms with Crippen molar-refractivity contribution in [3.05, 3.63) is 47.0 Å². The van der Waals surface area contributed by atoms with Crippen LogP contribution in [0.15, 0.2) is 30.3 Å². The van der Waals surface area contributed by atoms with E-state index in [9.17, 15) is 0 Å². The van der Waals surface area contributed by atoms with Crippen molar-refractivity contribution in [1.82, 2.24) is 0 Å². The number of aryl methyl sites for hydroxylation is 3. The molecule has 2 aromatic carbocycles. The smallest absolute Gasteiger partial charge is 0.0117 e. The van der Waals surface area contributed by atoms with Gasteiger partial charge in [0, 0.05) is 0 Å². The Balaban J connectivity index is 0.000000406. The minimum atomic E-state index is 0. The first-order chi connectivity index (χ1) is 7.36. The molecule has 1 aliphatic rings. The summed E-state index contributed by atoms with van der Waals surface area (Å²) in [4.78, 5) is 0. The van der Waals surface area contributed by atoms with E-state index in [1.807, 2.05) is 13.8 Å². The summed E-state index contributed by atoms with van der Waals surface area (Å²) >= 11 is 0. The molecule has 0 fully saturated rings. The first-order valence-electron chi connectivity index (χ1n) is 5.86. The normalized spacial score (nSPS) is 11.7. The lowest BCUT2D eigenvalue weighted by atomic mass is 10.0. The quantitative estimate of drug-likeness (QED) is 0.584. The van der Waals surface area contributed by atoms with Crippen LogP contribution in [0.3, 0.4) is 0 Å². The zero-order chi connectivity index (χ0) is 10.8. The molecule has 0 heterocycles. The molecule has 0 saturated heterocycles. The van der Waals surface area contributed by atoms with Gasteiger partial charge in [-0.2, -0.15) is 0 Å². The molecule has 0 amide bonds. The lowest BCUT2D eigenvalue weighted by Crippen LogP contribution is -1.83. The molecule has 2 aromatic rings. The molecule has 0 heteroatoms. The summed E-state index contributed by atoms with van der Waals surface area (Å²) in [5.74, 6) is 0. The maximum Gasteiger partial charge on any atom is -0.0117 e. The lowest BCUT2D eigenvalue weighted by Gasteiger charge is -2.03. The van der Waals surface area contributed by atoms with Gasteiger partial charge in [-0.05, 0) is 47.2 Å². The number of hydrogen-bond donors (Lipinski definition) is 0. The molecule has 1 aliphatic carbocycles. The van der Waals surface area contributed by atoms with Crippen molar-refractivity contribution in [2.45, 2.75) is 41.0 Å². The van der Waals surface area contributed by atoms with Gasteiger partial charge in [-0.15, -0.1) is 0 Å². The van der Waals surface area contributed by atoms with Gasteiger partial charge in [-0.1, -0.05) is 51.6 Å². The van der Waals surface area contributed by atoms with Gasteiger partial charge >= 0.3 is 0 Å². The van der Waals surface area contributed by atoms with Crippen LogP contribution in [0.5, 0.6) is 0 Å². The SMILES string of the molecule is C.CC.Cc1ccc2cccc3c2c1CC3. The molecular formula is C16H22. The van der Waals surface area contributed by atoms with Gasteiger partial charge in [0.1, 0.15) is 0 Å². The van der Waals surface area contributed by atoms with Gasteiger partial charge in [-0.3, -0.25) is 0 Å². The molecule has 0 radical (unpaired) electrons. The summed E-state index contributed by atoms with van der Waals surface area (Å²) in [6.07, 6.45) is 2.47. The first-order valence-corrected chi connectivity index (χ1v) is 5.86. The predicted molar refractivity (Wildman–Crippen MR) is 74.2 cm³/mol. The Labute approximate surface area is 99.3 Å². The average Bonchev–Trinajstić information content (AvgIpc) is 2.73. The van der Waals surface area contributed by atoms with Gasteiger partial charge < -0.3 is 0 Å². The van der Waals surface area contributed by atoms with Crippen LogP contribution < -0.4 is 0 Å². The van der Waals surface area contributed by atoms with Crippen molar-refractivity contribution in [1.29, 1.82) is 0 Å². The highest BCUT2D eigenvalue weighted by Crippen LogP contribution is 2.32. The zero-order valence-corrected chi connectivity index (χ0v) is 9.80. The Morgan fingerprint density at radius 1 is 0.938 bits per heavy atom. The Hall–Kier alpha value is -1.30. The molecule has 86 valence electrons. The number of hydrogen-bond acceptors (Lipinski definition) is 0. The minimum absolute atomic E-state index is 0. The van der Waals surface area contributed by atoms with Crippen LogP contribution in [0.1, 0.15) is 38.0 Å².